The van der Waals surface area contributed by atoms with Crippen molar-refractivity contribution in [1.82, 2.24) is 5.32 Å². The quantitative estimate of drug-likeness (QED) is 0.841. The van der Waals surface area contributed by atoms with Gasteiger partial charge in [0.25, 0.3) is 5.91 Å². The number of aryl methyl sites for hydroxylation is 1. The van der Waals surface area contributed by atoms with E-state index in [0.717, 1.165) is 5.56 Å². The lowest BCUT2D eigenvalue weighted by Crippen LogP contribution is -2.38. The highest BCUT2D eigenvalue weighted by molar-refractivity contribution is 5.80. The van der Waals surface area contributed by atoms with Crippen LogP contribution in [0.2, 0.25) is 0 Å². The Balaban J connectivity index is 2.76. The molecule has 0 spiro atoms. The van der Waals surface area contributed by atoms with E-state index in [9.17, 15) is 9.90 Å². The van der Waals surface area contributed by atoms with Crippen molar-refractivity contribution >= 4 is 5.91 Å². The molecule has 4 heteroatoms. The number of ether oxygens (including phenoxy) is 1. The Morgan fingerprint density at radius 2 is 1.95 bits per heavy atom. The van der Waals surface area contributed by atoms with Gasteiger partial charge in [0.2, 0.25) is 0 Å². The van der Waals surface area contributed by atoms with Crippen LogP contribution < -0.4 is 10.1 Å². The third kappa shape index (κ3) is 4.85. The van der Waals surface area contributed by atoms with Gasteiger partial charge in [0, 0.05) is 12.1 Å². The van der Waals surface area contributed by atoms with Gasteiger partial charge in [-0.1, -0.05) is 26.0 Å². The average molecular weight is 279 g/mol. The first-order valence-electron chi connectivity index (χ1n) is 7.04. The zero-order chi connectivity index (χ0) is 15.3. The topological polar surface area (TPSA) is 58.6 Å². The predicted octanol–water partition coefficient (Wildman–Crippen LogP) is 2.59. The first-order chi connectivity index (χ1) is 9.31. The van der Waals surface area contributed by atoms with Crippen LogP contribution in [0.15, 0.2) is 18.2 Å². The first-order valence-corrected chi connectivity index (χ1v) is 7.04. The van der Waals surface area contributed by atoms with Crippen molar-refractivity contribution in [3.63, 3.8) is 0 Å². The van der Waals surface area contributed by atoms with Crippen molar-refractivity contribution in [3.8, 4) is 5.75 Å². The molecule has 0 saturated carbocycles. The van der Waals surface area contributed by atoms with Crippen LogP contribution in [0.25, 0.3) is 0 Å². The molecule has 20 heavy (non-hydrogen) atoms. The minimum Gasteiger partial charge on any atom is -0.481 e. The van der Waals surface area contributed by atoms with Crippen LogP contribution in [0.3, 0.4) is 0 Å². The van der Waals surface area contributed by atoms with Crippen LogP contribution >= 0.6 is 0 Å². The molecule has 0 radical (unpaired) electrons. The van der Waals surface area contributed by atoms with Gasteiger partial charge in [0.05, 0.1) is 6.10 Å². The molecule has 0 aliphatic heterocycles. The smallest absolute Gasteiger partial charge is 0.260 e. The van der Waals surface area contributed by atoms with Gasteiger partial charge in [-0.2, -0.15) is 0 Å². The summed E-state index contributed by atoms with van der Waals surface area (Å²) in [4.78, 5) is 11.9. The summed E-state index contributed by atoms with van der Waals surface area (Å²) in [5.74, 6) is 0.821. The molecule has 0 aromatic heterocycles. The summed E-state index contributed by atoms with van der Waals surface area (Å²) in [7, 11) is 0. The molecule has 2 N–H and O–H groups in total. The van der Waals surface area contributed by atoms with Gasteiger partial charge in [-0.25, -0.2) is 0 Å². The summed E-state index contributed by atoms with van der Waals surface area (Å²) in [5.41, 5.74) is 1.72. The maximum absolute atomic E-state index is 11.9. The van der Waals surface area contributed by atoms with Crippen LogP contribution in [0.4, 0.5) is 0 Å². The van der Waals surface area contributed by atoms with Crippen LogP contribution in [-0.2, 0) is 4.79 Å². The first kappa shape index (κ1) is 16.5. The van der Waals surface area contributed by atoms with Crippen molar-refractivity contribution in [3.05, 3.63) is 29.3 Å². The maximum Gasteiger partial charge on any atom is 0.260 e. The zero-order valence-corrected chi connectivity index (χ0v) is 12.9. The minimum atomic E-state index is -0.628. The highest BCUT2D eigenvalue weighted by atomic mass is 16.5. The molecule has 4 nitrogen and oxygen atoms in total. The Bertz CT molecular complexity index is 455. The maximum atomic E-state index is 11.9. The summed E-state index contributed by atoms with van der Waals surface area (Å²) in [6, 6.07) is 5.58. The standard InChI is InChI=1S/C16H25NO3/c1-10(2)9-17-16(19)13(5)20-15-8-11(3)6-7-14(15)12(4)18/h6-8,10,12-13,18H,9H2,1-5H3,(H,17,19)/t12-,13?/m1/s1. The number of hydrogen-bond donors (Lipinski definition) is 2. The fraction of sp³-hybridized carbons (Fsp3) is 0.562. The molecule has 0 heterocycles. The van der Waals surface area contributed by atoms with E-state index < -0.39 is 12.2 Å². The number of benzene rings is 1. The molecule has 1 rings (SSSR count). The summed E-state index contributed by atoms with van der Waals surface area (Å²) in [5, 5.41) is 12.6. The number of amides is 1. The molecule has 1 aromatic carbocycles. The summed E-state index contributed by atoms with van der Waals surface area (Å²) in [6.07, 6.45) is -1.22. The highest BCUT2D eigenvalue weighted by Gasteiger charge is 2.18. The predicted molar refractivity (Wildman–Crippen MR) is 79.8 cm³/mol. The second-order valence-corrected chi connectivity index (χ2v) is 5.62. The van der Waals surface area contributed by atoms with E-state index in [4.69, 9.17) is 4.74 Å². The van der Waals surface area contributed by atoms with Gasteiger partial charge in [-0.3, -0.25) is 4.79 Å². The van der Waals surface area contributed by atoms with E-state index in [-0.39, 0.29) is 5.91 Å². The van der Waals surface area contributed by atoms with E-state index in [2.05, 4.69) is 5.32 Å². The summed E-state index contributed by atoms with van der Waals surface area (Å²) < 4.78 is 5.71. The van der Waals surface area contributed by atoms with Crippen LogP contribution in [-0.4, -0.2) is 23.7 Å². The highest BCUT2D eigenvalue weighted by Crippen LogP contribution is 2.27. The number of rotatable bonds is 6. The molecular weight excluding hydrogens is 254 g/mol. The largest absolute Gasteiger partial charge is 0.481 e. The minimum absolute atomic E-state index is 0.142. The Morgan fingerprint density at radius 1 is 1.30 bits per heavy atom. The Hall–Kier alpha value is -1.55. The lowest BCUT2D eigenvalue weighted by molar-refractivity contribution is -0.127. The number of hydrogen-bond acceptors (Lipinski definition) is 3. The molecule has 0 aliphatic carbocycles. The molecule has 1 unspecified atom stereocenters. The van der Waals surface area contributed by atoms with E-state index in [1.54, 1.807) is 13.8 Å². The monoisotopic (exact) mass is 279 g/mol. The number of carbonyl (C=O) groups is 1. The van der Waals surface area contributed by atoms with Crippen molar-refractivity contribution in [2.75, 3.05) is 6.54 Å². The van der Waals surface area contributed by atoms with E-state index in [1.807, 2.05) is 39.0 Å². The molecule has 0 aliphatic rings. The lowest BCUT2D eigenvalue weighted by Gasteiger charge is -2.19. The van der Waals surface area contributed by atoms with Gasteiger partial charge < -0.3 is 15.2 Å². The van der Waals surface area contributed by atoms with Gasteiger partial charge in [0.1, 0.15) is 5.75 Å². The number of carbonyl (C=O) groups excluding carboxylic acids is 1. The SMILES string of the molecule is Cc1ccc([C@@H](C)O)c(OC(C)C(=O)NCC(C)C)c1. The Labute approximate surface area is 121 Å². The van der Waals surface area contributed by atoms with Crippen molar-refractivity contribution in [2.24, 2.45) is 5.92 Å². The van der Waals surface area contributed by atoms with E-state index in [0.29, 0.717) is 23.8 Å². The van der Waals surface area contributed by atoms with Gasteiger partial charge in [-0.05, 0) is 38.3 Å². The van der Waals surface area contributed by atoms with Crippen LogP contribution in [0.1, 0.15) is 44.9 Å². The third-order valence-corrected chi connectivity index (χ3v) is 2.98. The normalized spacial score (nSPS) is 13.9. The van der Waals surface area contributed by atoms with Crippen LogP contribution in [0.5, 0.6) is 5.75 Å². The molecule has 1 aromatic rings. The molecular formula is C16H25NO3. The average Bonchev–Trinajstić information content (AvgIpc) is 2.35. The lowest BCUT2D eigenvalue weighted by atomic mass is 10.1. The van der Waals surface area contributed by atoms with E-state index in [1.165, 1.54) is 0 Å². The summed E-state index contributed by atoms with van der Waals surface area (Å²) in [6.45, 7) is 10.0. The van der Waals surface area contributed by atoms with E-state index >= 15 is 0 Å². The van der Waals surface area contributed by atoms with Crippen molar-refractivity contribution in [2.45, 2.75) is 46.8 Å². The third-order valence-electron chi connectivity index (χ3n) is 2.98. The molecule has 112 valence electrons. The van der Waals surface area contributed by atoms with Gasteiger partial charge in [0.15, 0.2) is 6.10 Å². The van der Waals surface area contributed by atoms with Crippen molar-refractivity contribution < 1.29 is 14.6 Å². The number of nitrogens with one attached hydrogen (secondary N) is 1. The molecule has 2 atom stereocenters. The fourth-order valence-electron chi connectivity index (χ4n) is 1.78. The second kappa shape index (κ2) is 7.29. The zero-order valence-electron chi connectivity index (χ0n) is 12.9. The Kier molecular flexibility index (Phi) is 6.02. The second-order valence-electron chi connectivity index (χ2n) is 5.62. The summed E-state index contributed by atoms with van der Waals surface area (Å²) >= 11 is 0. The number of aliphatic hydroxyl groups is 1. The van der Waals surface area contributed by atoms with Gasteiger partial charge in [-0.15, -0.1) is 0 Å². The molecule has 0 fully saturated rings. The number of aliphatic hydroxyl groups excluding tert-OH is 1. The fourth-order valence-corrected chi connectivity index (χ4v) is 1.78. The van der Waals surface area contributed by atoms with Crippen molar-refractivity contribution in [1.29, 1.82) is 0 Å². The molecule has 0 bridgehead atoms. The molecule has 0 saturated heterocycles. The Morgan fingerprint density at radius 3 is 2.50 bits per heavy atom. The molecule has 1 amide bonds. The van der Waals surface area contributed by atoms with Gasteiger partial charge >= 0.3 is 0 Å². The van der Waals surface area contributed by atoms with Crippen LogP contribution in [0, 0.1) is 12.8 Å².